The molecule has 0 radical (unpaired) electrons. The number of aromatic nitrogens is 2. The molecule has 30 heavy (non-hydrogen) atoms. The number of fused-ring (bicyclic) bond motifs is 1. The number of thiophene rings is 2. The highest BCUT2D eigenvalue weighted by atomic mass is 79.9. The standard InChI is InChI=1S/C20H23BrN4O3S2/c1-10(2)17(24-20(27)28-3)19(26)25-6-4-5-12(25)18-22-9-11(23-18)13-7-14-15(29-13)8-16(21)30-14/h7-10,12,17H,4-6H2,1-3H3,(H,22,23)(H,24,27)/t12-,17?/m0/s1. The van der Waals surface area contributed by atoms with Gasteiger partial charge in [-0.1, -0.05) is 13.8 Å². The van der Waals surface area contributed by atoms with E-state index in [1.165, 1.54) is 16.5 Å². The van der Waals surface area contributed by atoms with E-state index in [9.17, 15) is 9.59 Å². The van der Waals surface area contributed by atoms with E-state index in [1.807, 2.05) is 24.9 Å². The smallest absolute Gasteiger partial charge is 0.407 e. The minimum absolute atomic E-state index is 0.0524. The Morgan fingerprint density at radius 1 is 1.33 bits per heavy atom. The third-order valence-corrected chi connectivity index (χ3v) is 8.09. The monoisotopic (exact) mass is 510 g/mol. The number of alkyl carbamates (subject to hydrolysis) is 1. The molecular weight excluding hydrogens is 488 g/mol. The molecule has 3 aromatic heterocycles. The molecule has 0 aliphatic carbocycles. The maximum Gasteiger partial charge on any atom is 0.407 e. The lowest BCUT2D eigenvalue weighted by Gasteiger charge is -2.29. The van der Waals surface area contributed by atoms with Gasteiger partial charge >= 0.3 is 6.09 Å². The predicted molar refractivity (Wildman–Crippen MR) is 123 cm³/mol. The number of H-pyrrole nitrogens is 1. The Kier molecular flexibility index (Phi) is 6.17. The predicted octanol–water partition coefficient (Wildman–Crippen LogP) is 5.16. The second-order valence-electron chi connectivity index (χ2n) is 7.61. The van der Waals surface area contributed by atoms with Gasteiger partial charge in [-0.3, -0.25) is 4.79 Å². The first kappa shape index (κ1) is 21.3. The Labute approximate surface area is 191 Å². The molecule has 0 spiro atoms. The summed E-state index contributed by atoms with van der Waals surface area (Å²) in [4.78, 5) is 36.0. The number of imidazole rings is 1. The van der Waals surface area contributed by atoms with Crippen molar-refractivity contribution >= 4 is 60.0 Å². The number of aromatic amines is 1. The van der Waals surface area contributed by atoms with Crippen LogP contribution in [0.2, 0.25) is 0 Å². The molecule has 3 aromatic rings. The second-order valence-corrected chi connectivity index (χ2v) is 11.2. The number of amides is 2. The first-order valence-corrected chi connectivity index (χ1v) is 12.2. The summed E-state index contributed by atoms with van der Waals surface area (Å²) in [6, 6.07) is 3.53. The lowest BCUT2D eigenvalue weighted by atomic mass is 10.0. The van der Waals surface area contributed by atoms with Crippen molar-refractivity contribution in [2.24, 2.45) is 5.92 Å². The van der Waals surface area contributed by atoms with Crippen molar-refractivity contribution in [2.45, 2.75) is 38.8 Å². The summed E-state index contributed by atoms with van der Waals surface area (Å²) in [5.74, 6) is 0.634. The van der Waals surface area contributed by atoms with Crippen LogP contribution in [0.15, 0.2) is 22.1 Å². The quantitative estimate of drug-likeness (QED) is 0.496. The summed E-state index contributed by atoms with van der Waals surface area (Å²) < 4.78 is 8.28. The average Bonchev–Trinajstić information content (AvgIpc) is 3.46. The van der Waals surface area contributed by atoms with Gasteiger partial charge in [0.1, 0.15) is 11.9 Å². The summed E-state index contributed by atoms with van der Waals surface area (Å²) in [7, 11) is 1.30. The van der Waals surface area contributed by atoms with E-state index in [-0.39, 0.29) is 17.9 Å². The molecule has 4 heterocycles. The maximum atomic E-state index is 13.2. The third-order valence-electron chi connectivity index (χ3n) is 5.27. The molecule has 160 valence electrons. The highest BCUT2D eigenvalue weighted by Gasteiger charge is 2.37. The zero-order valence-corrected chi connectivity index (χ0v) is 20.1. The van der Waals surface area contributed by atoms with Gasteiger partial charge < -0.3 is 19.9 Å². The number of methoxy groups -OCH3 is 1. The number of halogens is 1. The molecule has 7 nitrogen and oxygen atoms in total. The number of hydrogen-bond acceptors (Lipinski definition) is 6. The number of likely N-dealkylation sites (tertiary alicyclic amines) is 1. The Morgan fingerprint density at radius 3 is 2.80 bits per heavy atom. The van der Waals surface area contributed by atoms with Crippen molar-refractivity contribution in [2.75, 3.05) is 13.7 Å². The number of nitrogens with zero attached hydrogens (tertiary/aromatic N) is 2. The summed E-state index contributed by atoms with van der Waals surface area (Å²) >= 11 is 6.94. The third kappa shape index (κ3) is 4.13. The molecule has 1 aliphatic rings. The van der Waals surface area contributed by atoms with E-state index in [2.05, 4.69) is 38.4 Å². The van der Waals surface area contributed by atoms with E-state index in [0.717, 1.165) is 33.0 Å². The average molecular weight is 511 g/mol. The molecule has 1 saturated heterocycles. The lowest BCUT2D eigenvalue weighted by Crippen LogP contribution is -2.51. The molecule has 1 unspecified atom stereocenters. The molecule has 0 bridgehead atoms. The van der Waals surface area contributed by atoms with Crippen LogP contribution in [0.25, 0.3) is 20.0 Å². The second kappa shape index (κ2) is 8.68. The molecule has 2 N–H and O–H groups in total. The van der Waals surface area contributed by atoms with Gasteiger partial charge in [0.2, 0.25) is 5.91 Å². The van der Waals surface area contributed by atoms with Crippen LogP contribution in [0.5, 0.6) is 0 Å². The van der Waals surface area contributed by atoms with Crippen LogP contribution in [0, 0.1) is 5.92 Å². The largest absolute Gasteiger partial charge is 0.453 e. The first-order valence-electron chi connectivity index (χ1n) is 9.77. The van der Waals surface area contributed by atoms with Gasteiger partial charge in [-0.05, 0) is 46.8 Å². The van der Waals surface area contributed by atoms with Gasteiger partial charge in [-0.2, -0.15) is 0 Å². The summed E-state index contributed by atoms with van der Waals surface area (Å²) in [5.41, 5.74) is 0.891. The van der Waals surface area contributed by atoms with Gasteiger partial charge in [0, 0.05) is 22.1 Å². The lowest BCUT2D eigenvalue weighted by molar-refractivity contribution is -0.135. The molecule has 0 aromatic carbocycles. The van der Waals surface area contributed by atoms with E-state index in [4.69, 9.17) is 9.72 Å². The molecule has 2 amide bonds. The fourth-order valence-corrected chi connectivity index (χ4v) is 6.74. The summed E-state index contributed by atoms with van der Waals surface area (Å²) in [5, 5.41) is 2.68. The van der Waals surface area contributed by atoms with Crippen molar-refractivity contribution in [3.05, 3.63) is 27.9 Å². The minimum atomic E-state index is -0.630. The summed E-state index contributed by atoms with van der Waals surface area (Å²) in [6.45, 7) is 4.47. The number of nitrogens with one attached hydrogen (secondary N) is 2. The Hall–Kier alpha value is -1.91. The maximum absolute atomic E-state index is 13.2. The molecule has 0 saturated carbocycles. The Balaban J connectivity index is 1.55. The normalized spacial score (nSPS) is 17.6. The van der Waals surface area contributed by atoms with Gasteiger partial charge in [-0.25, -0.2) is 9.78 Å². The van der Waals surface area contributed by atoms with E-state index >= 15 is 0 Å². The number of carbonyl (C=O) groups is 2. The molecule has 2 atom stereocenters. The number of ether oxygens (including phenoxy) is 1. The highest BCUT2D eigenvalue weighted by Crippen LogP contribution is 2.40. The van der Waals surface area contributed by atoms with Crippen LogP contribution in [-0.4, -0.2) is 46.6 Å². The number of carbonyl (C=O) groups excluding carboxylic acids is 2. The first-order chi connectivity index (χ1) is 14.4. The van der Waals surface area contributed by atoms with Gasteiger partial charge in [0.15, 0.2) is 0 Å². The molecule has 1 fully saturated rings. The number of rotatable bonds is 5. The van der Waals surface area contributed by atoms with Gasteiger partial charge in [0.05, 0.1) is 27.5 Å². The molecule has 4 rings (SSSR count). The molecular formula is C20H23BrN4O3S2. The van der Waals surface area contributed by atoms with E-state index < -0.39 is 12.1 Å². The fourth-order valence-electron chi connectivity index (χ4n) is 3.76. The molecule has 10 heteroatoms. The zero-order chi connectivity index (χ0) is 21.4. The fraction of sp³-hybridized carbons (Fsp3) is 0.450. The van der Waals surface area contributed by atoms with E-state index in [1.54, 1.807) is 22.7 Å². The van der Waals surface area contributed by atoms with Crippen LogP contribution < -0.4 is 5.32 Å². The topological polar surface area (TPSA) is 87.3 Å². The number of hydrogen-bond donors (Lipinski definition) is 2. The van der Waals surface area contributed by atoms with Crippen molar-refractivity contribution in [1.82, 2.24) is 20.2 Å². The van der Waals surface area contributed by atoms with Crippen LogP contribution in [-0.2, 0) is 9.53 Å². The van der Waals surface area contributed by atoms with Crippen LogP contribution in [0.1, 0.15) is 38.6 Å². The van der Waals surface area contributed by atoms with Gasteiger partial charge in [-0.15, -0.1) is 22.7 Å². The highest BCUT2D eigenvalue weighted by molar-refractivity contribution is 9.11. The SMILES string of the molecule is COC(=O)NC(C(=O)N1CCC[C@H]1c1nc(-c2cc3sc(Br)cc3s2)c[nH]1)C(C)C. The minimum Gasteiger partial charge on any atom is -0.453 e. The van der Waals surface area contributed by atoms with Crippen molar-refractivity contribution in [3.8, 4) is 10.6 Å². The van der Waals surface area contributed by atoms with Crippen LogP contribution >= 0.6 is 38.6 Å². The van der Waals surface area contributed by atoms with Crippen molar-refractivity contribution in [3.63, 3.8) is 0 Å². The summed E-state index contributed by atoms with van der Waals surface area (Å²) in [6.07, 6.45) is 3.06. The zero-order valence-electron chi connectivity index (χ0n) is 16.9. The van der Waals surface area contributed by atoms with E-state index in [0.29, 0.717) is 6.54 Å². The Bertz CT molecular complexity index is 1040. The van der Waals surface area contributed by atoms with Crippen molar-refractivity contribution in [1.29, 1.82) is 0 Å². The van der Waals surface area contributed by atoms with Crippen molar-refractivity contribution < 1.29 is 14.3 Å². The van der Waals surface area contributed by atoms with Gasteiger partial charge in [0.25, 0.3) is 0 Å². The molecule has 1 aliphatic heterocycles. The Morgan fingerprint density at radius 2 is 2.10 bits per heavy atom. The van der Waals surface area contributed by atoms with Crippen LogP contribution in [0.4, 0.5) is 4.79 Å². The van der Waals surface area contributed by atoms with Crippen LogP contribution in [0.3, 0.4) is 0 Å².